The SMILES string of the molecule is O=[N+]([O-])c1cc(Br)ccc1N(CCO)CC(F)(F)F. The molecule has 106 valence electrons. The molecule has 9 heteroatoms. The van der Waals surface area contributed by atoms with Gasteiger partial charge >= 0.3 is 6.18 Å². The van der Waals surface area contributed by atoms with Gasteiger partial charge in [-0.15, -0.1) is 0 Å². The maximum atomic E-state index is 12.4. The molecule has 0 bridgehead atoms. The van der Waals surface area contributed by atoms with E-state index in [9.17, 15) is 23.3 Å². The standard InChI is InChI=1S/C10H10BrF3N2O3/c11-7-1-2-8(9(5-7)16(18)19)15(3-4-17)6-10(12,13)14/h1-2,5,17H,3-4,6H2. The molecule has 5 nitrogen and oxygen atoms in total. The van der Waals surface area contributed by atoms with Crippen molar-refractivity contribution in [3.8, 4) is 0 Å². The van der Waals surface area contributed by atoms with Gasteiger partial charge in [0.25, 0.3) is 5.69 Å². The average molecular weight is 343 g/mol. The summed E-state index contributed by atoms with van der Waals surface area (Å²) in [7, 11) is 0. The van der Waals surface area contributed by atoms with Crippen molar-refractivity contribution in [2.75, 3.05) is 24.6 Å². The summed E-state index contributed by atoms with van der Waals surface area (Å²) in [5.74, 6) is 0. The van der Waals surface area contributed by atoms with Gasteiger partial charge in [-0.1, -0.05) is 15.9 Å². The molecule has 1 aromatic carbocycles. The number of nitro groups is 1. The molecule has 0 spiro atoms. The van der Waals surface area contributed by atoms with Gasteiger partial charge in [0.05, 0.1) is 11.5 Å². The Morgan fingerprint density at radius 3 is 2.53 bits per heavy atom. The molecule has 0 saturated carbocycles. The third kappa shape index (κ3) is 4.67. The second kappa shape index (κ2) is 6.20. The Kier molecular flexibility index (Phi) is 5.12. The summed E-state index contributed by atoms with van der Waals surface area (Å²) in [6, 6.07) is 3.74. The van der Waals surface area contributed by atoms with E-state index >= 15 is 0 Å². The lowest BCUT2D eigenvalue weighted by Crippen LogP contribution is -2.36. The van der Waals surface area contributed by atoms with Crippen LogP contribution in [0.3, 0.4) is 0 Å². The van der Waals surface area contributed by atoms with Crippen LogP contribution in [-0.2, 0) is 0 Å². The number of aliphatic hydroxyl groups is 1. The lowest BCUT2D eigenvalue weighted by molar-refractivity contribution is -0.384. The van der Waals surface area contributed by atoms with Crippen LogP contribution >= 0.6 is 15.9 Å². The summed E-state index contributed by atoms with van der Waals surface area (Å²) < 4.78 is 37.7. The lowest BCUT2D eigenvalue weighted by atomic mass is 10.2. The van der Waals surface area contributed by atoms with Crippen LogP contribution < -0.4 is 4.90 Å². The third-order valence-electron chi connectivity index (χ3n) is 2.21. The van der Waals surface area contributed by atoms with E-state index in [-0.39, 0.29) is 12.2 Å². The monoisotopic (exact) mass is 342 g/mol. The fraction of sp³-hybridized carbons (Fsp3) is 0.400. The predicted octanol–water partition coefficient (Wildman–Crippen LogP) is 2.72. The zero-order valence-corrected chi connectivity index (χ0v) is 11.1. The van der Waals surface area contributed by atoms with Crippen LogP contribution in [0.1, 0.15) is 0 Å². The number of benzene rings is 1. The highest BCUT2D eigenvalue weighted by Crippen LogP contribution is 2.32. The fourth-order valence-corrected chi connectivity index (χ4v) is 1.88. The molecule has 0 aromatic heterocycles. The number of hydrogen-bond acceptors (Lipinski definition) is 4. The molecule has 0 unspecified atom stereocenters. The first-order valence-corrected chi connectivity index (χ1v) is 5.90. The van der Waals surface area contributed by atoms with Crippen LogP contribution in [0.5, 0.6) is 0 Å². The summed E-state index contributed by atoms with van der Waals surface area (Å²) in [5.41, 5.74) is -0.633. The highest BCUT2D eigenvalue weighted by atomic mass is 79.9. The van der Waals surface area contributed by atoms with Crippen molar-refractivity contribution in [3.05, 3.63) is 32.8 Å². The minimum Gasteiger partial charge on any atom is -0.395 e. The summed E-state index contributed by atoms with van der Waals surface area (Å²) in [6.07, 6.45) is -4.52. The number of rotatable bonds is 5. The van der Waals surface area contributed by atoms with Gasteiger partial charge in [0.15, 0.2) is 0 Å². The van der Waals surface area contributed by atoms with Gasteiger partial charge in [0, 0.05) is 17.1 Å². The first-order valence-electron chi connectivity index (χ1n) is 5.11. The van der Waals surface area contributed by atoms with E-state index < -0.39 is 29.9 Å². The maximum absolute atomic E-state index is 12.4. The molecule has 0 aliphatic heterocycles. The highest BCUT2D eigenvalue weighted by molar-refractivity contribution is 9.10. The molecule has 0 saturated heterocycles. The summed E-state index contributed by atoms with van der Waals surface area (Å²) in [4.78, 5) is 10.8. The van der Waals surface area contributed by atoms with Gasteiger partial charge in [0.1, 0.15) is 12.2 Å². The van der Waals surface area contributed by atoms with E-state index in [2.05, 4.69) is 15.9 Å². The molecule has 0 fully saturated rings. The van der Waals surface area contributed by atoms with Gasteiger partial charge in [-0.2, -0.15) is 13.2 Å². The van der Waals surface area contributed by atoms with E-state index in [4.69, 9.17) is 5.11 Å². The smallest absolute Gasteiger partial charge is 0.395 e. The van der Waals surface area contributed by atoms with Crippen LogP contribution in [0.25, 0.3) is 0 Å². The van der Waals surface area contributed by atoms with Gasteiger partial charge in [-0.05, 0) is 12.1 Å². The molecule has 0 aliphatic carbocycles. The molecule has 1 N–H and O–H groups in total. The minimum atomic E-state index is -4.52. The van der Waals surface area contributed by atoms with E-state index in [1.807, 2.05) is 0 Å². The average Bonchev–Trinajstić information content (AvgIpc) is 2.26. The molecule has 1 aromatic rings. The second-order valence-corrected chi connectivity index (χ2v) is 4.57. The molecule has 1 rings (SSSR count). The Balaban J connectivity index is 3.18. The number of hydrogen-bond donors (Lipinski definition) is 1. The Morgan fingerprint density at radius 2 is 2.05 bits per heavy atom. The molecule has 0 atom stereocenters. The molecular formula is C10H10BrF3N2O3. The van der Waals surface area contributed by atoms with Crippen LogP contribution in [0.4, 0.5) is 24.5 Å². The molecule has 0 radical (unpaired) electrons. The van der Waals surface area contributed by atoms with Crippen molar-refractivity contribution in [2.24, 2.45) is 0 Å². The topological polar surface area (TPSA) is 66.6 Å². The first kappa shape index (κ1) is 15.7. The van der Waals surface area contributed by atoms with E-state index in [1.165, 1.54) is 12.1 Å². The molecule has 19 heavy (non-hydrogen) atoms. The van der Waals surface area contributed by atoms with E-state index in [1.54, 1.807) is 0 Å². The van der Waals surface area contributed by atoms with Gasteiger partial charge in [-0.3, -0.25) is 10.1 Å². The van der Waals surface area contributed by atoms with Crippen LogP contribution in [0, 0.1) is 10.1 Å². The Labute approximate surface area is 114 Å². The number of alkyl halides is 3. The van der Waals surface area contributed by atoms with Crippen molar-refractivity contribution >= 4 is 27.3 Å². The van der Waals surface area contributed by atoms with Gasteiger partial charge < -0.3 is 10.0 Å². The Bertz CT molecular complexity index is 468. The van der Waals surface area contributed by atoms with Gasteiger partial charge in [0.2, 0.25) is 0 Å². The largest absolute Gasteiger partial charge is 0.405 e. The molecular weight excluding hydrogens is 333 g/mol. The zero-order chi connectivity index (χ0) is 14.6. The molecule has 0 aliphatic rings. The number of nitrogens with zero attached hydrogens (tertiary/aromatic N) is 2. The Morgan fingerprint density at radius 1 is 1.42 bits per heavy atom. The molecule has 0 amide bonds. The number of aliphatic hydroxyl groups excluding tert-OH is 1. The fourth-order valence-electron chi connectivity index (χ4n) is 1.53. The first-order chi connectivity index (χ1) is 8.74. The van der Waals surface area contributed by atoms with Crippen LogP contribution in [0.2, 0.25) is 0 Å². The lowest BCUT2D eigenvalue weighted by Gasteiger charge is -2.24. The predicted molar refractivity (Wildman–Crippen MR) is 66.2 cm³/mol. The summed E-state index contributed by atoms with van der Waals surface area (Å²) >= 11 is 3.02. The van der Waals surface area contributed by atoms with Crippen LogP contribution in [-0.4, -0.2) is 35.9 Å². The second-order valence-electron chi connectivity index (χ2n) is 3.65. The normalized spacial score (nSPS) is 11.4. The van der Waals surface area contributed by atoms with Crippen molar-refractivity contribution in [2.45, 2.75) is 6.18 Å². The van der Waals surface area contributed by atoms with Crippen molar-refractivity contribution in [1.29, 1.82) is 0 Å². The van der Waals surface area contributed by atoms with Crippen molar-refractivity contribution < 1.29 is 23.2 Å². The number of anilines is 1. The maximum Gasteiger partial charge on any atom is 0.405 e. The van der Waals surface area contributed by atoms with Crippen molar-refractivity contribution in [1.82, 2.24) is 0 Å². The highest BCUT2D eigenvalue weighted by Gasteiger charge is 2.33. The summed E-state index contributed by atoms with van der Waals surface area (Å²) in [5, 5.41) is 19.7. The summed E-state index contributed by atoms with van der Waals surface area (Å²) in [6.45, 7) is -2.25. The zero-order valence-electron chi connectivity index (χ0n) is 9.52. The minimum absolute atomic E-state index is 0.181. The van der Waals surface area contributed by atoms with E-state index in [0.29, 0.717) is 4.47 Å². The van der Waals surface area contributed by atoms with Crippen molar-refractivity contribution in [3.63, 3.8) is 0 Å². The number of nitro benzene ring substituents is 1. The Hall–Kier alpha value is -1.35. The van der Waals surface area contributed by atoms with Gasteiger partial charge in [-0.25, -0.2) is 0 Å². The van der Waals surface area contributed by atoms with E-state index in [0.717, 1.165) is 11.0 Å². The van der Waals surface area contributed by atoms with Crippen LogP contribution in [0.15, 0.2) is 22.7 Å². The number of halogens is 4. The quantitative estimate of drug-likeness (QED) is 0.660. The molecule has 0 heterocycles. The third-order valence-corrected chi connectivity index (χ3v) is 2.71.